The van der Waals surface area contributed by atoms with Crippen LogP contribution >= 0.6 is 0 Å². The Labute approximate surface area is 160 Å². The Bertz CT molecular complexity index is 1110. The fourth-order valence-corrected chi connectivity index (χ4v) is 3.69. The molecule has 1 aliphatic rings. The normalized spacial score (nSPS) is 18.3. The average molecular weight is 383 g/mol. The van der Waals surface area contributed by atoms with Crippen LogP contribution in [0.4, 0.5) is 8.78 Å². The van der Waals surface area contributed by atoms with Gasteiger partial charge in [0.1, 0.15) is 5.76 Å². The minimum Gasteiger partial charge on any atom is -0.455 e. The van der Waals surface area contributed by atoms with Gasteiger partial charge in [-0.3, -0.25) is 9.59 Å². The van der Waals surface area contributed by atoms with Crippen LogP contribution in [0.15, 0.2) is 57.7 Å². The van der Waals surface area contributed by atoms with Gasteiger partial charge in [0.2, 0.25) is 5.92 Å². The number of para-hydroxylation sites is 1. The first-order chi connectivity index (χ1) is 13.4. The van der Waals surface area contributed by atoms with Crippen molar-refractivity contribution in [2.24, 2.45) is 0 Å². The maximum Gasteiger partial charge on any atom is 0.255 e. The predicted octanol–water partition coefficient (Wildman–Crippen LogP) is 4.69. The van der Waals surface area contributed by atoms with Gasteiger partial charge in [0.15, 0.2) is 11.0 Å². The van der Waals surface area contributed by atoms with Crippen LogP contribution in [0.2, 0.25) is 0 Å². The van der Waals surface area contributed by atoms with E-state index in [2.05, 4.69) is 5.32 Å². The van der Waals surface area contributed by atoms with Crippen molar-refractivity contribution in [2.75, 3.05) is 0 Å². The molecule has 1 heterocycles. The zero-order valence-electron chi connectivity index (χ0n) is 15.3. The van der Waals surface area contributed by atoms with E-state index >= 15 is 0 Å². The van der Waals surface area contributed by atoms with Crippen LogP contribution in [-0.4, -0.2) is 17.9 Å². The molecule has 1 amide bonds. The highest BCUT2D eigenvalue weighted by Gasteiger charge is 2.40. The number of benzene rings is 2. The molecule has 3 aromatic rings. The molecule has 28 heavy (non-hydrogen) atoms. The Hall–Kier alpha value is -3.02. The topological polar surface area (TPSA) is 59.3 Å². The molecular formula is C22H19F2NO3. The number of carbonyl (C=O) groups excluding carboxylic acids is 1. The number of nitrogens with one attached hydrogen (secondary N) is 1. The number of carbonyl (C=O) groups is 1. The van der Waals surface area contributed by atoms with Gasteiger partial charge in [0.25, 0.3) is 5.91 Å². The van der Waals surface area contributed by atoms with Crippen molar-refractivity contribution in [3.63, 3.8) is 0 Å². The van der Waals surface area contributed by atoms with E-state index in [9.17, 15) is 18.4 Å². The minimum atomic E-state index is -2.75. The molecule has 1 atom stereocenters. The van der Waals surface area contributed by atoms with E-state index in [1.165, 1.54) is 6.07 Å². The summed E-state index contributed by atoms with van der Waals surface area (Å²) in [5, 5.41) is 2.95. The molecule has 144 valence electrons. The van der Waals surface area contributed by atoms with Gasteiger partial charge in [-0.15, -0.1) is 0 Å². The van der Waals surface area contributed by atoms with Crippen molar-refractivity contribution in [3.8, 4) is 11.3 Å². The summed E-state index contributed by atoms with van der Waals surface area (Å²) in [5.41, 5.74) is 1.29. The van der Waals surface area contributed by atoms with E-state index in [0.29, 0.717) is 16.7 Å². The predicted molar refractivity (Wildman–Crippen MR) is 103 cm³/mol. The van der Waals surface area contributed by atoms with Gasteiger partial charge in [0, 0.05) is 30.0 Å². The Kier molecular flexibility index (Phi) is 4.49. The van der Waals surface area contributed by atoms with Crippen LogP contribution in [-0.2, 0) is 0 Å². The Balaban J connectivity index is 1.78. The quantitative estimate of drug-likeness (QED) is 0.714. The summed E-state index contributed by atoms with van der Waals surface area (Å²) in [4.78, 5) is 25.6. The summed E-state index contributed by atoms with van der Waals surface area (Å²) in [7, 11) is 0. The first-order valence-corrected chi connectivity index (χ1v) is 9.16. The molecule has 4 rings (SSSR count). The summed E-state index contributed by atoms with van der Waals surface area (Å²) in [6.45, 7) is 1.68. The Morgan fingerprint density at radius 2 is 1.89 bits per heavy atom. The van der Waals surface area contributed by atoms with Crippen LogP contribution in [0, 0.1) is 6.92 Å². The molecule has 4 nitrogen and oxygen atoms in total. The molecule has 1 unspecified atom stereocenters. The highest BCUT2D eigenvalue weighted by molar-refractivity contribution is 6.05. The van der Waals surface area contributed by atoms with Gasteiger partial charge in [0.05, 0.1) is 10.9 Å². The molecular weight excluding hydrogens is 364 g/mol. The first-order valence-electron chi connectivity index (χ1n) is 9.16. The molecule has 0 saturated heterocycles. The highest BCUT2D eigenvalue weighted by atomic mass is 19.3. The van der Waals surface area contributed by atoms with Crippen molar-refractivity contribution in [2.45, 2.75) is 38.2 Å². The van der Waals surface area contributed by atoms with E-state index in [0.717, 1.165) is 5.56 Å². The molecule has 1 N–H and O–H groups in total. The van der Waals surface area contributed by atoms with Gasteiger partial charge >= 0.3 is 0 Å². The second kappa shape index (κ2) is 6.86. The average Bonchev–Trinajstić information content (AvgIpc) is 3.03. The monoisotopic (exact) mass is 383 g/mol. The maximum atomic E-state index is 13.4. The van der Waals surface area contributed by atoms with Crippen LogP contribution in [0.1, 0.15) is 35.2 Å². The maximum absolute atomic E-state index is 13.4. The second-order valence-electron chi connectivity index (χ2n) is 7.20. The zero-order valence-corrected chi connectivity index (χ0v) is 15.3. The summed E-state index contributed by atoms with van der Waals surface area (Å²) < 4.78 is 32.9. The number of halogens is 2. The first kappa shape index (κ1) is 18.3. The summed E-state index contributed by atoms with van der Waals surface area (Å²) >= 11 is 0. The van der Waals surface area contributed by atoms with Crippen molar-refractivity contribution < 1.29 is 18.0 Å². The van der Waals surface area contributed by atoms with Crippen LogP contribution in [0.5, 0.6) is 0 Å². The van der Waals surface area contributed by atoms with E-state index in [1.54, 1.807) is 19.1 Å². The van der Waals surface area contributed by atoms with Gasteiger partial charge in [-0.2, -0.15) is 0 Å². The van der Waals surface area contributed by atoms with Gasteiger partial charge in [-0.1, -0.05) is 36.4 Å². The van der Waals surface area contributed by atoms with Gasteiger partial charge < -0.3 is 9.73 Å². The molecule has 2 aromatic carbocycles. The lowest BCUT2D eigenvalue weighted by atomic mass is 10.0. The van der Waals surface area contributed by atoms with E-state index in [4.69, 9.17) is 4.42 Å². The van der Waals surface area contributed by atoms with Crippen molar-refractivity contribution >= 4 is 16.9 Å². The minimum absolute atomic E-state index is 0.166. The molecule has 1 fully saturated rings. The van der Waals surface area contributed by atoms with Crippen LogP contribution < -0.4 is 10.7 Å². The van der Waals surface area contributed by atoms with Crippen LogP contribution in [0.25, 0.3) is 22.3 Å². The fraction of sp³-hybridized carbons (Fsp3) is 0.273. The molecule has 1 aromatic heterocycles. The number of hydrogen-bond acceptors (Lipinski definition) is 3. The lowest BCUT2D eigenvalue weighted by Crippen LogP contribution is -2.34. The SMILES string of the molecule is Cc1c(-c2ccccc2)oc2c(C(=O)NC3CCC(F)(F)C3)cccc2c1=O. The molecule has 0 radical (unpaired) electrons. The third kappa shape index (κ3) is 3.30. The zero-order chi connectivity index (χ0) is 19.9. The number of amides is 1. The highest BCUT2D eigenvalue weighted by Crippen LogP contribution is 2.35. The lowest BCUT2D eigenvalue weighted by molar-refractivity contribution is 0.00711. The lowest BCUT2D eigenvalue weighted by Gasteiger charge is -2.14. The summed E-state index contributed by atoms with van der Waals surface area (Å²) in [6.07, 6.45) is -0.385. The number of fused-ring (bicyclic) bond motifs is 1. The summed E-state index contributed by atoms with van der Waals surface area (Å²) in [6, 6.07) is 13.3. The standard InChI is InChI=1S/C22H19F2NO3/c1-13-18(26)16-8-5-9-17(21(27)25-15-10-11-22(23,24)12-15)20(16)28-19(13)14-6-3-2-4-7-14/h2-9,15H,10-12H2,1H3,(H,25,27). The van der Waals surface area contributed by atoms with Gasteiger partial charge in [-0.05, 0) is 25.5 Å². The van der Waals surface area contributed by atoms with Gasteiger partial charge in [-0.25, -0.2) is 8.78 Å². The van der Waals surface area contributed by atoms with E-state index in [-0.39, 0.29) is 35.8 Å². The second-order valence-corrected chi connectivity index (χ2v) is 7.20. The van der Waals surface area contributed by atoms with E-state index in [1.807, 2.05) is 30.3 Å². The number of rotatable bonds is 3. The summed E-state index contributed by atoms with van der Waals surface area (Å²) in [5.74, 6) is -2.87. The van der Waals surface area contributed by atoms with Crippen molar-refractivity contribution in [1.29, 1.82) is 0 Å². The third-order valence-corrected chi connectivity index (χ3v) is 5.16. The fourth-order valence-electron chi connectivity index (χ4n) is 3.69. The third-order valence-electron chi connectivity index (χ3n) is 5.16. The van der Waals surface area contributed by atoms with Crippen LogP contribution in [0.3, 0.4) is 0 Å². The Morgan fingerprint density at radius 3 is 2.57 bits per heavy atom. The largest absolute Gasteiger partial charge is 0.455 e. The molecule has 1 aliphatic carbocycles. The Morgan fingerprint density at radius 1 is 1.14 bits per heavy atom. The van der Waals surface area contributed by atoms with Crippen molar-refractivity contribution in [1.82, 2.24) is 5.32 Å². The number of alkyl halides is 2. The molecule has 1 saturated carbocycles. The molecule has 0 aliphatic heterocycles. The van der Waals surface area contributed by atoms with E-state index < -0.39 is 17.9 Å². The number of hydrogen-bond donors (Lipinski definition) is 1. The van der Waals surface area contributed by atoms with Crippen molar-refractivity contribution in [3.05, 3.63) is 69.9 Å². The smallest absolute Gasteiger partial charge is 0.255 e. The molecule has 0 bridgehead atoms. The molecule has 0 spiro atoms. The molecule has 6 heteroatoms.